The molecule has 22 heavy (non-hydrogen) atoms. The molecule has 0 fully saturated rings. The van der Waals surface area contributed by atoms with Gasteiger partial charge in [-0.3, -0.25) is 9.98 Å². The minimum atomic E-state index is 0.927. The summed E-state index contributed by atoms with van der Waals surface area (Å²) in [5.41, 5.74) is 3.72. The Hall–Kier alpha value is -2.36. The molecule has 1 aromatic carbocycles. The molecule has 1 aromatic heterocycles. The van der Waals surface area contributed by atoms with Crippen LogP contribution < -0.4 is 10.2 Å². The standard InChI is InChI=1S/C18H22N4/c1-22(14-9-15-7-12-19-13-8-15)17-5-3-16(4-6-17)18-20-10-2-11-21-18/h3-8,12-13H,2,9-11,14H2,1H3,(H,20,21). The Morgan fingerprint density at radius 1 is 1.09 bits per heavy atom. The molecule has 0 radical (unpaired) electrons. The van der Waals surface area contributed by atoms with Crippen molar-refractivity contribution in [1.82, 2.24) is 10.3 Å². The minimum absolute atomic E-state index is 0.927. The highest BCUT2D eigenvalue weighted by Crippen LogP contribution is 2.15. The number of benzene rings is 1. The average Bonchev–Trinajstić information content (AvgIpc) is 2.61. The van der Waals surface area contributed by atoms with Crippen molar-refractivity contribution in [1.29, 1.82) is 0 Å². The third-order valence-corrected chi connectivity index (χ3v) is 3.96. The molecule has 0 amide bonds. The van der Waals surface area contributed by atoms with E-state index in [4.69, 9.17) is 0 Å². The van der Waals surface area contributed by atoms with E-state index in [-0.39, 0.29) is 0 Å². The predicted octanol–water partition coefficient (Wildman–Crippen LogP) is 2.50. The lowest BCUT2D eigenvalue weighted by Crippen LogP contribution is -2.30. The molecular weight excluding hydrogens is 272 g/mol. The number of pyridine rings is 1. The normalized spacial score (nSPS) is 14.1. The molecule has 0 saturated carbocycles. The Bertz CT molecular complexity index is 619. The maximum Gasteiger partial charge on any atom is 0.128 e. The highest BCUT2D eigenvalue weighted by Gasteiger charge is 2.07. The number of aromatic nitrogens is 1. The largest absolute Gasteiger partial charge is 0.374 e. The fourth-order valence-electron chi connectivity index (χ4n) is 2.58. The number of nitrogens with one attached hydrogen (secondary N) is 1. The second kappa shape index (κ2) is 7.07. The molecule has 0 aliphatic carbocycles. The Balaban J connectivity index is 1.61. The summed E-state index contributed by atoms with van der Waals surface area (Å²) in [5.74, 6) is 1.03. The average molecular weight is 294 g/mol. The van der Waals surface area contributed by atoms with Crippen molar-refractivity contribution < 1.29 is 0 Å². The molecular formula is C18H22N4. The topological polar surface area (TPSA) is 40.5 Å². The lowest BCUT2D eigenvalue weighted by Gasteiger charge is -2.20. The molecule has 0 saturated heterocycles. The summed E-state index contributed by atoms with van der Waals surface area (Å²) >= 11 is 0. The van der Waals surface area contributed by atoms with Crippen LogP contribution in [-0.4, -0.2) is 37.5 Å². The van der Waals surface area contributed by atoms with Crippen LogP contribution in [-0.2, 0) is 6.42 Å². The van der Waals surface area contributed by atoms with E-state index in [1.54, 1.807) is 0 Å². The van der Waals surface area contributed by atoms with E-state index < -0.39 is 0 Å². The Morgan fingerprint density at radius 3 is 2.55 bits per heavy atom. The third kappa shape index (κ3) is 3.64. The number of anilines is 1. The van der Waals surface area contributed by atoms with Crippen LogP contribution in [0.15, 0.2) is 53.8 Å². The van der Waals surface area contributed by atoms with Gasteiger partial charge in [-0.15, -0.1) is 0 Å². The second-order valence-corrected chi connectivity index (χ2v) is 5.58. The maximum absolute atomic E-state index is 4.54. The fourth-order valence-corrected chi connectivity index (χ4v) is 2.58. The highest BCUT2D eigenvalue weighted by atomic mass is 15.1. The van der Waals surface area contributed by atoms with Gasteiger partial charge >= 0.3 is 0 Å². The van der Waals surface area contributed by atoms with Gasteiger partial charge < -0.3 is 10.2 Å². The maximum atomic E-state index is 4.54. The number of likely N-dealkylation sites (N-methyl/N-ethyl adjacent to an activating group) is 1. The monoisotopic (exact) mass is 294 g/mol. The zero-order chi connectivity index (χ0) is 15.2. The van der Waals surface area contributed by atoms with Gasteiger partial charge in [0.1, 0.15) is 5.84 Å². The molecule has 0 bridgehead atoms. The van der Waals surface area contributed by atoms with Crippen molar-refractivity contribution in [3.05, 3.63) is 59.9 Å². The molecule has 0 spiro atoms. The van der Waals surface area contributed by atoms with Crippen LogP contribution in [0.2, 0.25) is 0 Å². The van der Waals surface area contributed by atoms with Gasteiger partial charge in [0.15, 0.2) is 0 Å². The molecule has 3 rings (SSSR count). The van der Waals surface area contributed by atoms with Crippen molar-refractivity contribution in [2.24, 2.45) is 4.99 Å². The summed E-state index contributed by atoms with van der Waals surface area (Å²) in [6.45, 7) is 2.94. The van der Waals surface area contributed by atoms with Crippen LogP contribution in [0, 0.1) is 0 Å². The van der Waals surface area contributed by atoms with Crippen LogP contribution in [0.1, 0.15) is 17.5 Å². The summed E-state index contributed by atoms with van der Waals surface area (Å²) in [4.78, 5) is 10.9. The van der Waals surface area contributed by atoms with Crippen LogP contribution >= 0.6 is 0 Å². The van der Waals surface area contributed by atoms with Crippen molar-refractivity contribution >= 4 is 11.5 Å². The van der Waals surface area contributed by atoms with Crippen LogP contribution in [0.5, 0.6) is 0 Å². The molecule has 4 nitrogen and oxygen atoms in total. The lowest BCUT2D eigenvalue weighted by molar-refractivity contribution is 0.742. The molecule has 0 atom stereocenters. The van der Waals surface area contributed by atoms with Gasteiger partial charge in [0.05, 0.1) is 0 Å². The molecule has 2 heterocycles. The van der Waals surface area contributed by atoms with E-state index in [1.165, 1.54) is 16.8 Å². The number of nitrogens with zero attached hydrogens (tertiary/aromatic N) is 3. The van der Waals surface area contributed by atoms with Gasteiger partial charge in [-0.1, -0.05) is 0 Å². The Labute approximate surface area is 131 Å². The van der Waals surface area contributed by atoms with Crippen molar-refractivity contribution in [3.63, 3.8) is 0 Å². The van der Waals surface area contributed by atoms with E-state index >= 15 is 0 Å². The van der Waals surface area contributed by atoms with Gasteiger partial charge in [-0.2, -0.15) is 0 Å². The van der Waals surface area contributed by atoms with Crippen LogP contribution in [0.25, 0.3) is 0 Å². The first-order chi connectivity index (χ1) is 10.8. The first-order valence-electron chi connectivity index (χ1n) is 7.82. The molecule has 1 aliphatic rings. The van der Waals surface area contributed by atoms with Crippen molar-refractivity contribution in [2.45, 2.75) is 12.8 Å². The quantitative estimate of drug-likeness (QED) is 0.921. The number of hydrogen-bond donors (Lipinski definition) is 1. The van der Waals surface area contributed by atoms with Crippen LogP contribution in [0.3, 0.4) is 0 Å². The number of aliphatic imine (C=N–C) groups is 1. The predicted molar refractivity (Wildman–Crippen MR) is 91.7 cm³/mol. The molecule has 2 aromatic rings. The van der Waals surface area contributed by atoms with Crippen LogP contribution in [0.4, 0.5) is 5.69 Å². The smallest absolute Gasteiger partial charge is 0.128 e. The van der Waals surface area contributed by atoms with E-state index in [0.717, 1.165) is 38.3 Å². The van der Waals surface area contributed by atoms with Gasteiger partial charge in [-0.05, 0) is 54.8 Å². The van der Waals surface area contributed by atoms with Gasteiger partial charge in [0.2, 0.25) is 0 Å². The van der Waals surface area contributed by atoms with E-state index in [0.29, 0.717) is 0 Å². The number of rotatable bonds is 5. The molecule has 4 heteroatoms. The number of hydrogen-bond acceptors (Lipinski definition) is 4. The van der Waals surface area contributed by atoms with E-state index in [2.05, 4.69) is 63.6 Å². The van der Waals surface area contributed by atoms with Crippen molar-refractivity contribution in [3.8, 4) is 0 Å². The lowest BCUT2D eigenvalue weighted by atomic mass is 10.1. The van der Waals surface area contributed by atoms with Gasteiger partial charge in [0, 0.05) is 50.3 Å². The Morgan fingerprint density at radius 2 is 1.86 bits per heavy atom. The van der Waals surface area contributed by atoms with E-state index in [1.807, 2.05) is 12.4 Å². The van der Waals surface area contributed by atoms with Gasteiger partial charge in [0.25, 0.3) is 0 Å². The molecule has 1 aliphatic heterocycles. The van der Waals surface area contributed by atoms with Crippen molar-refractivity contribution in [2.75, 3.05) is 31.6 Å². The summed E-state index contributed by atoms with van der Waals surface area (Å²) in [7, 11) is 2.13. The summed E-state index contributed by atoms with van der Waals surface area (Å²) in [6.07, 6.45) is 5.85. The SMILES string of the molecule is CN(CCc1ccncc1)c1ccc(C2=NCCCN2)cc1. The number of amidine groups is 1. The second-order valence-electron chi connectivity index (χ2n) is 5.58. The Kier molecular flexibility index (Phi) is 4.68. The zero-order valence-electron chi connectivity index (χ0n) is 13.0. The first kappa shape index (κ1) is 14.6. The molecule has 114 valence electrons. The minimum Gasteiger partial charge on any atom is -0.374 e. The summed E-state index contributed by atoms with van der Waals surface area (Å²) in [6, 6.07) is 12.8. The van der Waals surface area contributed by atoms with E-state index in [9.17, 15) is 0 Å². The molecule has 1 N–H and O–H groups in total. The fraction of sp³-hybridized carbons (Fsp3) is 0.333. The summed E-state index contributed by atoms with van der Waals surface area (Å²) < 4.78 is 0. The highest BCUT2D eigenvalue weighted by molar-refractivity contribution is 5.99. The zero-order valence-corrected chi connectivity index (χ0v) is 13.0. The third-order valence-electron chi connectivity index (χ3n) is 3.96. The summed E-state index contributed by atoms with van der Waals surface area (Å²) in [5, 5.41) is 3.36. The molecule has 0 unspecified atom stereocenters. The van der Waals surface area contributed by atoms with Gasteiger partial charge in [-0.25, -0.2) is 0 Å². The first-order valence-corrected chi connectivity index (χ1v) is 7.82.